The number of hydrogen-bond acceptors (Lipinski definition) is 2. The van der Waals surface area contributed by atoms with Crippen LogP contribution in [-0.2, 0) is 4.79 Å². The number of hydrogen-bond donors (Lipinski definition) is 1. The van der Waals surface area contributed by atoms with E-state index in [1.165, 1.54) is 18.2 Å². The summed E-state index contributed by atoms with van der Waals surface area (Å²) < 4.78 is 0. The molecule has 1 rings (SSSR count). The second-order valence-corrected chi connectivity index (χ2v) is 1.73. The summed E-state index contributed by atoms with van der Waals surface area (Å²) in [6.07, 6.45) is 3.94. The Bertz CT molecular complexity index is 169. The van der Waals surface area contributed by atoms with E-state index in [4.69, 9.17) is 5.11 Å². The van der Waals surface area contributed by atoms with Crippen LogP contribution in [0.1, 0.15) is 0 Å². The Balaban J connectivity index is 2.88. The van der Waals surface area contributed by atoms with Gasteiger partial charge in [0.15, 0.2) is 11.4 Å². The van der Waals surface area contributed by atoms with Crippen LogP contribution in [-0.4, -0.2) is 16.5 Å². The van der Waals surface area contributed by atoms with Crippen molar-refractivity contribution in [2.45, 2.75) is 5.60 Å². The van der Waals surface area contributed by atoms with E-state index in [1.54, 1.807) is 0 Å². The van der Waals surface area contributed by atoms with E-state index in [2.05, 4.69) is 6.58 Å². The van der Waals surface area contributed by atoms with E-state index >= 15 is 0 Å². The van der Waals surface area contributed by atoms with E-state index in [0.29, 0.717) is 0 Å². The molecule has 2 heteroatoms. The first-order chi connectivity index (χ1) is 3.69. The Hall–Kier alpha value is -0.890. The van der Waals surface area contributed by atoms with Gasteiger partial charge < -0.3 is 5.11 Å². The van der Waals surface area contributed by atoms with Gasteiger partial charge in [0, 0.05) is 0 Å². The van der Waals surface area contributed by atoms with E-state index in [9.17, 15) is 4.79 Å². The van der Waals surface area contributed by atoms with Crippen LogP contribution in [0.2, 0.25) is 0 Å². The molecule has 1 unspecified atom stereocenters. The Kier molecular flexibility index (Phi) is 0.848. The molecular weight excluding hydrogens is 104 g/mol. The third-order valence-electron chi connectivity index (χ3n) is 1.19. The molecule has 1 N–H and O–H groups in total. The van der Waals surface area contributed by atoms with Crippen molar-refractivity contribution in [3.05, 3.63) is 24.8 Å². The normalized spacial score (nSPS) is 34.4. The Labute approximate surface area is 47.1 Å². The van der Waals surface area contributed by atoms with E-state index in [-0.39, 0.29) is 5.78 Å². The van der Waals surface area contributed by atoms with Gasteiger partial charge in [-0.3, -0.25) is 4.79 Å². The highest BCUT2D eigenvalue weighted by molar-refractivity contribution is 6.06. The van der Waals surface area contributed by atoms with Crippen molar-refractivity contribution in [3.63, 3.8) is 0 Å². The zero-order valence-electron chi connectivity index (χ0n) is 4.29. The van der Waals surface area contributed by atoms with Crippen molar-refractivity contribution in [2.24, 2.45) is 0 Å². The molecule has 0 fully saturated rings. The lowest BCUT2D eigenvalue weighted by Gasteiger charge is -2.22. The van der Waals surface area contributed by atoms with Crippen LogP contribution in [0.5, 0.6) is 0 Å². The molecule has 8 heavy (non-hydrogen) atoms. The molecule has 0 aromatic heterocycles. The number of ketones is 1. The van der Waals surface area contributed by atoms with E-state index in [0.717, 1.165) is 0 Å². The van der Waals surface area contributed by atoms with E-state index < -0.39 is 5.60 Å². The molecule has 1 atom stereocenters. The average Bonchev–Trinajstić information content (AvgIpc) is 1.83. The van der Waals surface area contributed by atoms with Crippen LogP contribution in [0.25, 0.3) is 0 Å². The predicted octanol–water partition coefficient (Wildman–Crippen LogP) is 0.0424. The maximum Gasteiger partial charge on any atom is 0.194 e. The minimum atomic E-state index is -1.33. The zero-order chi connectivity index (χ0) is 6.20. The summed E-state index contributed by atoms with van der Waals surface area (Å²) in [7, 11) is 0. The average molecular weight is 110 g/mol. The third kappa shape index (κ3) is 0.434. The molecule has 0 bridgehead atoms. The van der Waals surface area contributed by atoms with Crippen molar-refractivity contribution in [3.8, 4) is 0 Å². The summed E-state index contributed by atoms with van der Waals surface area (Å²) in [5.41, 5.74) is -1.33. The summed E-state index contributed by atoms with van der Waals surface area (Å²) in [5, 5.41) is 8.93. The molecular formula is C6H6O2. The Morgan fingerprint density at radius 2 is 2.50 bits per heavy atom. The van der Waals surface area contributed by atoms with Gasteiger partial charge in [-0.25, -0.2) is 0 Å². The minimum Gasteiger partial charge on any atom is -0.374 e. The number of rotatable bonds is 1. The molecule has 0 heterocycles. The molecule has 2 nitrogen and oxygen atoms in total. The first-order valence-corrected chi connectivity index (χ1v) is 2.29. The summed E-state index contributed by atoms with van der Waals surface area (Å²) >= 11 is 0. The molecule has 0 saturated carbocycles. The number of carbonyl (C=O) groups excluding carboxylic acids is 1. The molecule has 0 aromatic carbocycles. The molecule has 0 amide bonds. The van der Waals surface area contributed by atoms with Gasteiger partial charge in [-0.15, -0.1) is 0 Å². The fourth-order valence-corrected chi connectivity index (χ4v) is 0.491. The smallest absolute Gasteiger partial charge is 0.194 e. The van der Waals surface area contributed by atoms with Crippen LogP contribution in [0.15, 0.2) is 24.8 Å². The molecule has 0 aliphatic heterocycles. The van der Waals surface area contributed by atoms with Gasteiger partial charge in [-0.2, -0.15) is 0 Å². The SMILES string of the molecule is C=CC1(O)C=CC1=O. The van der Waals surface area contributed by atoms with Gasteiger partial charge >= 0.3 is 0 Å². The second-order valence-electron chi connectivity index (χ2n) is 1.73. The molecule has 0 radical (unpaired) electrons. The fourth-order valence-electron chi connectivity index (χ4n) is 0.491. The van der Waals surface area contributed by atoms with Crippen LogP contribution in [0, 0.1) is 0 Å². The highest BCUT2D eigenvalue weighted by atomic mass is 16.3. The number of aliphatic hydroxyl groups is 1. The quantitative estimate of drug-likeness (QED) is 0.484. The van der Waals surface area contributed by atoms with Crippen LogP contribution < -0.4 is 0 Å². The van der Waals surface area contributed by atoms with Crippen LogP contribution in [0.3, 0.4) is 0 Å². The lowest BCUT2D eigenvalue weighted by molar-refractivity contribution is -0.127. The highest BCUT2D eigenvalue weighted by Gasteiger charge is 2.34. The number of carbonyl (C=O) groups is 1. The lowest BCUT2D eigenvalue weighted by Crippen LogP contribution is -2.39. The van der Waals surface area contributed by atoms with Gasteiger partial charge in [-0.05, 0) is 18.2 Å². The van der Waals surface area contributed by atoms with Crippen molar-refractivity contribution in [1.82, 2.24) is 0 Å². The first-order valence-electron chi connectivity index (χ1n) is 2.29. The van der Waals surface area contributed by atoms with Gasteiger partial charge in [0.05, 0.1) is 0 Å². The standard InChI is InChI=1S/C6H6O2/c1-2-6(8)4-3-5(6)7/h2-4,8H,1H2. The van der Waals surface area contributed by atoms with Gasteiger partial charge in [0.25, 0.3) is 0 Å². The lowest BCUT2D eigenvalue weighted by atomic mass is 9.88. The molecule has 1 aliphatic carbocycles. The largest absolute Gasteiger partial charge is 0.374 e. The Morgan fingerprint density at radius 3 is 2.50 bits per heavy atom. The van der Waals surface area contributed by atoms with E-state index in [1.807, 2.05) is 0 Å². The van der Waals surface area contributed by atoms with Gasteiger partial charge in [0.1, 0.15) is 0 Å². The van der Waals surface area contributed by atoms with Crippen molar-refractivity contribution in [2.75, 3.05) is 0 Å². The highest BCUT2D eigenvalue weighted by Crippen LogP contribution is 2.18. The predicted molar refractivity (Wildman–Crippen MR) is 29.3 cm³/mol. The summed E-state index contributed by atoms with van der Waals surface area (Å²) in [5.74, 6) is -0.285. The topological polar surface area (TPSA) is 37.3 Å². The summed E-state index contributed by atoms with van der Waals surface area (Å²) in [4.78, 5) is 10.4. The van der Waals surface area contributed by atoms with Gasteiger partial charge in [-0.1, -0.05) is 6.58 Å². The maximum atomic E-state index is 10.4. The second kappa shape index (κ2) is 1.29. The fraction of sp³-hybridized carbons (Fsp3) is 0.167. The molecule has 0 saturated heterocycles. The monoisotopic (exact) mass is 110 g/mol. The van der Waals surface area contributed by atoms with Crippen molar-refractivity contribution >= 4 is 5.78 Å². The molecule has 0 spiro atoms. The summed E-state index contributed by atoms with van der Waals surface area (Å²) in [6, 6.07) is 0. The minimum absolute atomic E-state index is 0.285. The molecule has 1 aliphatic rings. The van der Waals surface area contributed by atoms with Crippen LogP contribution >= 0.6 is 0 Å². The third-order valence-corrected chi connectivity index (χ3v) is 1.19. The summed E-state index contributed by atoms with van der Waals surface area (Å²) in [6.45, 7) is 3.28. The van der Waals surface area contributed by atoms with Crippen molar-refractivity contribution in [1.29, 1.82) is 0 Å². The first kappa shape index (κ1) is 5.25. The molecule has 0 aromatic rings. The molecule has 42 valence electrons. The van der Waals surface area contributed by atoms with Crippen molar-refractivity contribution < 1.29 is 9.90 Å². The van der Waals surface area contributed by atoms with Crippen LogP contribution in [0.4, 0.5) is 0 Å². The maximum absolute atomic E-state index is 10.4. The van der Waals surface area contributed by atoms with Gasteiger partial charge in [0.2, 0.25) is 0 Å². The zero-order valence-corrected chi connectivity index (χ0v) is 4.29. The Morgan fingerprint density at radius 1 is 1.88 bits per heavy atom.